The van der Waals surface area contributed by atoms with E-state index in [1.165, 1.54) is 4.90 Å². The summed E-state index contributed by atoms with van der Waals surface area (Å²) in [6, 6.07) is 5.73. The maximum Gasteiger partial charge on any atom is 0.408 e. The molecule has 1 aromatic carbocycles. The van der Waals surface area contributed by atoms with Crippen molar-refractivity contribution in [1.29, 1.82) is 0 Å². The molecule has 2 saturated carbocycles. The van der Waals surface area contributed by atoms with Crippen LogP contribution < -0.4 is 20.1 Å². The molecule has 5 atom stereocenters. The third kappa shape index (κ3) is 7.73. The van der Waals surface area contributed by atoms with Crippen molar-refractivity contribution in [2.24, 2.45) is 11.8 Å². The minimum Gasteiger partial charge on any atom is -0.470 e. The fraction of sp³-hybridized carbons (Fsp3) is 0.543. The maximum atomic E-state index is 14.8. The van der Waals surface area contributed by atoms with Crippen LogP contribution in [0.25, 0.3) is 11.0 Å². The number of halogens is 2. The summed E-state index contributed by atoms with van der Waals surface area (Å²) >= 11 is 0. The first-order valence-corrected chi connectivity index (χ1v) is 19.1. The minimum atomic E-state index is -3.92. The van der Waals surface area contributed by atoms with E-state index in [1.807, 2.05) is 12.2 Å². The lowest BCUT2D eigenvalue weighted by molar-refractivity contribution is -0.134. The van der Waals surface area contributed by atoms with Crippen LogP contribution in [0.5, 0.6) is 5.88 Å². The summed E-state index contributed by atoms with van der Waals surface area (Å²) in [5.74, 6) is -7.16. The number of allylic oxidation sites excluding steroid dienone is 2. The maximum absolute atomic E-state index is 14.8. The zero-order chi connectivity index (χ0) is 36.7. The molecule has 5 aliphatic rings. The Morgan fingerprint density at radius 1 is 1.00 bits per heavy atom. The van der Waals surface area contributed by atoms with Gasteiger partial charge in [-0.25, -0.2) is 23.2 Å². The number of alkyl carbamates (subject to hydrolysis) is 1. The van der Waals surface area contributed by atoms with Crippen LogP contribution in [-0.2, 0) is 35.6 Å². The Labute approximate surface area is 298 Å². The molecule has 278 valence electrons. The fourth-order valence-corrected chi connectivity index (χ4v) is 8.32. The van der Waals surface area contributed by atoms with Crippen molar-refractivity contribution in [3.05, 3.63) is 54.3 Å². The van der Waals surface area contributed by atoms with Crippen molar-refractivity contribution < 1.29 is 45.9 Å². The van der Waals surface area contributed by atoms with E-state index in [0.717, 1.165) is 6.08 Å². The zero-order valence-corrected chi connectivity index (χ0v) is 29.1. The summed E-state index contributed by atoms with van der Waals surface area (Å²) in [7, 11) is -3.92. The van der Waals surface area contributed by atoms with Crippen molar-refractivity contribution in [1.82, 2.24) is 30.2 Å². The Balaban J connectivity index is 1.26. The predicted molar refractivity (Wildman–Crippen MR) is 181 cm³/mol. The number of nitrogens with one attached hydrogen (secondary N) is 3. The molecule has 0 spiro atoms. The van der Waals surface area contributed by atoms with E-state index in [1.54, 1.807) is 24.3 Å². The molecular weight excluding hydrogens is 702 g/mol. The standard InChI is InChI=1S/C35H40F2N6O8S/c36-34(37)16-8-13-26-30(39-25-11-7-6-10-24(25)38-26)51-28-19-43-18-23(28)29(44)41-35(32(46)42-52(48,49)22-14-15-22)17-21(35)9-4-2-1-3-5-12-27(31(43)45)40-33(47)50-20-34/h4,6-11,16,21-23,27-28H,1-3,5,12-15,17-20H2,(H,40,47)(H,41,44)(H,42,46)/b9-4+,16-8+/t21-,23?,27+,28+,35+/m1/s1. The number of hydrogen-bond acceptors (Lipinski definition) is 10. The minimum absolute atomic E-state index is 0.0296. The molecule has 3 N–H and O–H groups in total. The molecule has 17 heteroatoms. The Hall–Kier alpha value is -4.67. The number of rotatable bonds is 3. The van der Waals surface area contributed by atoms with E-state index < -0.39 is 81.1 Å². The molecule has 1 unspecified atom stereocenters. The Kier molecular flexibility index (Phi) is 9.65. The molecule has 2 aromatic rings. The highest BCUT2D eigenvalue weighted by Gasteiger charge is 2.62. The number of benzene rings is 1. The van der Waals surface area contributed by atoms with Crippen molar-refractivity contribution >= 4 is 44.9 Å². The van der Waals surface area contributed by atoms with Crippen LogP contribution in [0, 0.1) is 11.8 Å². The van der Waals surface area contributed by atoms with Gasteiger partial charge >= 0.3 is 6.09 Å². The average molecular weight is 743 g/mol. The van der Waals surface area contributed by atoms with E-state index >= 15 is 0 Å². The Bertz CT molecular complexity index is 1940. The van der Waals surface area contributed by atoms with Crippen molar-refractivity contribution in [3.8, 4) is 5.88 Å². The lowest BCUT2D eigenvalue weighted by atomic mass is 10.0. The summed E-state index contributed by atoms with van der Waals surface area (Å²) in [6.45, 7) is -1.57. The van der Waals surface area contributed by atoms with Crippen LogP contribution >= 0.6 is 0 Å². The number of carbonyl (C=O) groups excluding carboxylic acids is 4. The number of alkyl halides is 2. The van der Waals surface area contributed by atoms with E-state index in [2.05, 4.69) is 25.3 Å². The lowest BCUT2D eigenvalue weighted by Gasteiger charge is -2.25. The number of ether oxygens (including phenoxy) is 2. The van der Waals surface area contributed by atoms with Gasteiger partial charge < -0.3 is 25.0 Å². The molecule has 0 radical (unpaired) electrons. The monoisotopic (exact) mass is 742 g/mol. The van der Waals surface area contributed by atoms with E-state index in [9.17, 15) is 36.4 Å². The molecule has 7 rings (SSSR count). The highest BCUT2D eigenvalue weighted by Crippen LogP contribution is 2.46. The first-order valence-electron chi connectivity index (χ1n) is 17.6. The van der Waals surface area contributed by atoms with E-state index in [0.29, 0.717) is 55.6 Å². The summed E-state index contributed by atoms with van der Waals surface area (Å²) in [6.07, 6.45) is 6.79. The van der Waals surface area contributed by atoms with Crippen LogP contribution in [0.2, 0.25) is 0 Å². The summed E-state index contributed by atoms with van der Waals surface area (Å²) in [5, 5.41) is 4.63. The lowest BCUT2D eigenvalue weighted by Crippen LogP contribution is -2.55. The normalized spacial score (nSPS) is 31.0. The van der Waals surface area contributed by atoms with Crippen LogP contribution in [0.15, 0.2) is 48.6 Å². The van der Waals surface area contributed by atoms with Gasteiger partial charge in [0.2, 0.25) is 27.7 Å². The molecule has 2 aliphatic carbocycles. The van der Waals surface area contributed by atoms with Gasteiger partial charge in [-0.1, -0.05) is 43.2 Å². The quantitative estimate of drug-likeness (QED) is 0.395. The third-order valence-electron chi connectivity index (χ3n) is 10.1. The molecule has 1 aromatic heterocycles. The fourth-order valence-electron chi connectivity index (χ4n) is 6.95. The van der Waals surface area contributed by atoms with Crippen LogP contribution in [-0.4, -0.2) is 95.7 Å². The number of sulfonamides is 1. The molecule has 4 heterocycles. The smallest absolute Gasteiger partial charge is 0.408 e. The number of carbonyl (C=O) groups is 4. The highest BCUT2D eigenvalue weighted by molar-refractivity contribution is 7.91. The van der Waals surface area contributed by atoms with Crippen molar-refractivity contribution in [3.63, 3.8) is 0 Å². The van der Waals surface area contributed by atoms with Gasteiger partial charge in [0.1, 0.15) is 23.4 Å². The second-order valence-electron chi connectivity index (χ2n) is 14.1. The second-order valence-corrected chi connectivity index (χ2v) is 16.1. The van der Waals surface area contributed by atoms with Crippen molar-refractivity contribution in [2.75, 3.05) is 19.7 Å². The average Bonchev–Trinajstić information content (AvgIpc) is 4.03. The number of para-hydroxylation sites is 2. The number of aromatic nitrogens is 2. The molecule has 52 heavy (non-hydrogen) atoms. The summed E-state index contributed by atoms with van der Waals surface area (Å²) in [4.78, 5) is 65.3. The molecule has 1 saturated heterocycles. The highest BCUT2D eigenvalue weighted by atomic mass is 32.2. The van der Waals surface area contributed by atoms with Gasteiger partial charge in [0.15, 0.2) is 6.61 Å². The topological polar surface area (TPSA) is 186 Å². The van der Waals surface area contributed by atoms with Crippen LogP contribution in [0.3, 0.4) is 0 Å². The van der Waals surface area contributed by atoms with Crippen LogP contribution in [0.4, 0.5) is 13.6 Å². The number of fused-ring (bicyclic) bond motifs is 7. The van der Waals surface area contributed by atoms with E-state index in [-0.39, 0.29) is 43.9 Å². The van der Waals surface area contributed by atoms with Gasteiger partial charge in [-0.05, 0) is 56.7 Å². The SMILES string of the molecule is O=C1N[C@H]2CCCCC/C=C/[C@@H]3C[C@]3(C(=O)NS(=O)(=O)C3CC3)NC(=O)C3CN(C[C@@H]3Oc3nc4ccccc4nc3C/C=C/C(F)(F)CO1)C2=O. The van der Waals surface area contributed by atoms with Gasteiger partial charge in [0.25, 0.3) is 11.8 Å². The summed E-state index contributed by atoms with van der Waals surface area (Å²) in [5.41, 5.74) is -0.440. The van der Waals surface area contributed by atoms with Gasteiger partial charge in [0.05, 0.1) is 28.7 Å². The molecule has 14 nitrogen and oxygen atoms in total. The van der Waals surface area contributed by atoms with Gasteiger partial charge in [-0.2, -0.15) is 8.78 Å². The predicted octanol–water partition coefficient (Wildman–Crippen LogP) is 2.68. The summed E-state index contributed by atoms with van der Waals surface area (Å²) < 4.78 is 68.6. The number of amides is 4. The zero-order valence-electron chi connectivity index (χ0n) is 28.3. The largest absolute Gasteiger partial charge is 0.470 e. The molecule has 4 bridgehead atoms. The first kappa shape index (κ1) is 35.7. The Morgan fingerprint density at radius 2 is 1.77 bits per heavy atom. The van der Waals surface area contributed by atoms with Crippen LogP contribution in [0.1, 0.15) is 57.1 Å². The van der Waals surface area contributed by atoms with Gasteiger partial charge in [0, 0.05) is 18.9 Å². The number of nitrogens with zero attached hydrogens (tertiary/aromatic N) is 3. The molecule has 4 amide bonds. The Morgan fingerprint density at radius 3 is 2.54 bits per heavy atom. The van der Waals surface area contributed by atoms with Gasteiger partial charge in [-0.15, -0.1) is 0 Å². The van der Waals surface area contributed by atoms with Gasteiger partial charge in [-0.3, -0.25) is 19.1 Å². The second kappa shape index (κ2) is 14.0. The number of hydrogen-bond donors (Lipinski definition) is 3. The molecular formula is C35H40F2N6O8S. The number of cyclic esters (lactones) is 1. The van der Waals surface area contributed by atoms with E-state index in [4.69, 9.17) is 9.47 Å². The van der Waals surface area contributed by atoms with Crippen molar-refractivity contribution in [2.45, 2.75) is 86.6 Å². The third-order valence-corrected chi connectivity index (χ3v) is 12.0. The molecule has 3 aliphatic heterocycles. The molecule has 3 fully saturated rings. The first-order chi connectivity index (χ1) is 24.8.